The number of hydrogen-bond donors (Lipinski definition) is 2. The normalized spacial score (nSPS) is 17.5. The number of nitrogens with one attached hydrogen (secondary N) is 1. The van der Waals surface area contributed by atoms with Crippen molar-refractivity contribution in [2.45, 2.75) is 18.6 Å². The summed E-state index contributed by atoms with van der Waals surface area (Å²) in [5.74, 6) is -0.836. The lowest BCUT2D eigenvalue weighted by Gasteiger charge is -2.41. The van der Waals surface area contributed by atoms with Crippen molar-refractivity contribution in [1.82, 2.24) is 5.32 Å². The Morgan fingerprint density at radius 1 is 1.53 bits per heavy atom. The van der Waals surface area contributed by atoms with Crippen molar-refractivity contribution in [2.75, 3.05) is 13.1 Å². The van der Waals surface area contributed by atoms with E-state index in [-0.39, 0.29) is 6.42 Å². The Morgan fingerprint density at radius 3 is 2.82 bits per heavy atom. The van der Waals surface area contributed by atoms with Gasteiger partial charge in [-0.1, -0.05) is 23.7 Å². The fourth-order valence-electron chi connectivity index (χ4n) is 1.82. The Kier molecular flexibility index (Phi) is 3.66. The van der Waals surface area contributed by atoms with E-state index in [1.807, 2.05) is 18.2 Å². The van der Waals surface area contributed by atoms with Crippen molar-refractivity contribution in [2.24, 2.45) is 0 Å². The van der Waals surface area contributed by atoms with Gasteiger partial charge in [0.15, 0.2) is 0 Å². The molecule has 1 fully saturated rings. The highest BCUT2D eigenvalue weighted by Crippen LogP contribution is 2.23. The van der Waals surface area contributed by atoms with Crippen molar-refractivity contribution in [3.8, 4) is 0 Å². The van der Waals surface area contributed by atoms with Crippen molar-refractivity contribution in [3.05, 3.63) is 34.9 Å². The highest BCUT2D eigenvalue weighted by molar-refractivity contribution is 6.30. The standard InChI is InChI=1S/C12H14ClNO3/c13-10-3-1-2-9(4-10)6-17-12(5-11(15)16)7-14-8-12/h1-4,14H,5-8H2,(H,15,16). The molecule has 17 heavy (non-hydrogen) atoms. The molecule has 0 spiro atoms. The molecule has 5 heteroatoms. The number of rotatable bonds is 5. The molecular weight excluding hydrogens is 242 g/mol. The van der Waals surface area contributed by atoms with Crippen LogP contribution in [0.25, 0.3) is 0 Å². The van der Waals surface area contributed by atoms with Crippen molar-refractivity contribution >= 4 is 17.6 Å². The Labute approximate surface area is 105 Å². The SMILES string of the molecule is O=C(O)CC1(OCc2cccc(Cl)c2)CNC1. The van der Waals surface area contributed by atoms with E-state index >= 15 is 0 Å². The zero-order valence-electron chi connectivity index (χ0n) is 9.28. The van der Waals surface area contributed by atoms with E-state index in [9.17, 15) is 4.79 Å². The van der Waals surface area contributed by atoms with Crippen LogP contribution in [-0.2, 0) is 16.1 Å². The number of halogens is 1. The maximum atomic E-state index is 10.7. The van der Waals surface area contributed by atoms with Crippen LogP contribution in [0.3, 0.4) is 0 Å². The van der Waals surface area contributed by atoms with Gasteiger partial charge in [0.05, 0.1) is 13.0 Å². The summed E-state index contributed by atoms with van der Waals surface area (Å²) < 4.78 is 5.72. The van der Waals surface area contributed by atoms with Gasteiger partial charge in [-0.25, -0.2) is 0 Å². The minimum Gasteiger partial charge on any atom is -0.481 e. The molecule has 0 amide bonds. The molecular formula is C12H14ClNO3. The third kappa shape index (κ3) is 3.19. The van der Waals surface area contributed by atoms with Gasteiger partial charge in [-0.3, -0.25) is 4.79 Å². The monoisotopic (exact) mass is 255 g/mol. The largest absolute Gasteiger partial charge is 0.481 e. The molecule has 0 saturated carbocycles. The van der Waals surface area contributed by atoms with Crippen LogP contribution in [0.4, 0.5) is 0 Å². The molecule has 1 aromatic rings. The topological polar surface area (TPSA) is 58.6 Å². The zero-order chi connectivity index (χ0) is 12.3. The Bertz CT molecular complexity index is 418. The Balaban J connectivity index is 1.94. The van der Waals surface area contributed by atoms with Crippen LogP contribution in [0.5, 0.6) is 0 Å². The summed E-state index contributed by atoms with van der Waals surface area (Å²) in [5, 5.41) is 12.5. The van der Waals surface area contributed by atoms with Gasteiger partial charge in [0, 0.05) is 18.1 Å². The first-order valence-corrected chi connectivity index (χ1v) is 5.78. The molecule has 1 aliphatic heterocycles. The summed E-state index contributed by atoms with van der Waals surface area (Å²) in [4.78, 5) is 10.7. The summed E-state index contributed by atoms with van der Waals surface area (Å²) in [5.41, 5.74) is 0.392. The number of benzene rings is 1. The van der Waals surface area contributed by atoms with Crippen LogP contribution >= 0.6 is 11.6 Å². The van der Waals surface area contributed by atoms with Gasteiger partial charge >= 0.3 is 5.97 Å². The van der Waals surface area contributed by atoms with Crippen LogP contribution < -0.4 is 5.32 Å². The highest BCUT2D eigenvalue weighted by atomic mass is 35.5. The maximum Gasteiger partial charge on any atom is 0.306 e. The fraction of sp³-hybridized carbons (Fsp3) is 0.417. The van der Waals surface area contributed by atoms with E-state index in [1.165, 1.54) is 0 Å². The second-order valence-electron chi connectivity index (χ2n) is 4.28. The molecule has 92 valence electrons. The molecule has 0 bridgehead atoms. The second kappa shape index (κ2) is 5.04. The smallest absolute Gasteiger partial charge is 0.306 e. The summed E-state index contributed by atoms with van der Waals surface area (Å²) in [6.45, 7) is 1.55. The molecule has 0 unspecified atom stereocenters. The first-order chi connectivity index (χ1) is 8.10. The van der Waals surface area contributed by atoms with Crippen molar-refractivity contribution < 1.29 is 14.6 Å². The number of hydrogen-bond acceptors (Lipinski definition) is 3. The number of ether oxygens (including phenoxy) is 1. The molecule has 1 aliphatic rings. The van der Waals surface area contributed by atoms with Crippen molar-refractivity contribution in [3.63, 3.8) is 0 Å². The van der Waals surface area contributed by atoms with Gasteiger partial charge in [0.2, 0.25) is 0 Å². The molecule has 0 radical (unpaired) electrons. The molecule has 1 aromatic carbocycles. The van der Waals surface area contributed by atoms with Gasteiger partial charge < -0.3 is 15.2 Å². The third-order valence-electron chi connectivity index (χ3n) is 2.80. The average molecular weight is 256 g/mol. The fourth-order valence-corrected chi connectivity index (χ4v) is 2.03. The van der Waals surface area contributed by atoms with E-state index in [4.69, 9.17) is 21.4 Å². The molecule has 0 atom stereocenters. The van der Waals surface area contributed by atoms with Crippen LogP contribution in [0, 0.1) is 0 Å². The lowest BCUT2D eigenvalue weighted by Crippen LogP contribution is -2.61. The Morgan fingerprint density at radius 2 is 2.29 bits per heavy atom. The van der Waals surface area contributed by atoms with E-state index in [0.717, 1.165) is 5.56 Å². The lowest BCUT2D eigenvalue weighted by molar-refractivity contribution is -0.152. The van der Waals surface area contributed by atoms with Crippen LogP contribution in [0.15, 0.2) is 24.3 Å². The molecule has 0 aliphatic carbocycles. The van der Waals surface area contributed by atoms with E-state index in [0.29, 0.717) is 24.7 Å². The summed E-state index contributed by atoms with van der Waals surface area (Å²) in [6, 6.07) is 7.38. The first kappa shape index (κ1) is 12.4. The molecule has 0 aromatic heterocycles. The van der Waals surface area contributed by atoms with E-state index < -0.39 is 11.6 Å². The zero-order valence-corrected chi connectivity index (χ0v) is 10.0. The number of carboxylic acid groups (broad SMARTS) is 1. The van der Waals surface area contributed by atoms with Gasteiger partial charge in [-0.15, -0.1) is 0 Å². The number of aliphatic carboxylic acids is 1. The predicted octanol–water partition coefficient (Wildman–Crippen LogP) is 1.67. The van der Waals surface area contributed by atoms with Crippen LogP contribution in [0.1, 0.15) is 12.0 Å². The van der Waals surface area contributed by atoms with Crippen molar-refractivity contribution in [1.29, 1.82) is 0 Å². The van der Waals surface area contributed by atoms with Gasteiger partial charge in [-0.2, -0.15) is 0 Å². The molecule has 1 saturated heterocycles. The average Bonchev–Trinajstić information content (AvgIpc) is 2.21. The molecule has 4 nitrogen and oxygen atoms in total. The van der Waals surface area contributed by atoms with Gasteiger partial charge in [-0.05, 0) is 17.7 Å². The molecule has 2 rings (SSSR count). The minimum absolute atomic E-state index is 0.0283. The summed E-state index contributed by atoms with van der Waals surface area (Å²) >= 11 is 5.87. The number of carboxylic acids is 1. The minimum atomic E-state index is -0.836. The van der Waals surface area contributed by atoms with Crippen LogP contribution in [0.2, 0.25) is 5.02 Å². The lowest BCUT2D eigenvalue weighted by atomic mass is 9.92. The molecule has 1 heterocycles. The van der Waals surface area contributed by atoms with Gasteiger partial charge in [0.25, 0.3) is 0 Å². The Hall–Kier alpha value is -1.10. The number of carbonyl (C=O) groups is 1. The van der Waals surface area contributed by atoms with E-state index in [2.05, 4.69) is 5.32 Å². The summed E-state index contributed by atoms with van der Waals surface area (Å²) in [7, 11) is 0. The summed E-state index contributed by atoms with van der Waals surface area (Å²) in [6.07, 6.45) is 0.0283. The van der Waals surface area contributed by atoms with Gasteiger partial charge in [0.1, 0.15) is 5.60 Å². The van der Waals surface area contributed by atoms with Crippen LogP contribution in [-0.4, -0.2) is 29.8 Å². The predicted molar refractivity (Wildman–Crippen MR) is 64.1 cm³/mol. The first-order valence-electron chi connectivity index (χ1n) is 5.41. The maximum absolute atomic E-state index is 10.7. The quantitative estimate of drug-likeness (QED) is 0.840. The van der Waals surface area contributed by atoms with E-state index in [1.54, 1.807) is 6.07 Å². The second-order valence-corrected chi connectivity index (χ2v) is 4.71. The third-order valence-corrected chi connectivity index (χ3v) is 3.04. The molecule has 2 N–H and O–H groups in total. The highest BCUT2D eigenvalue weighted by Gasteiger charge is 2.40.